The first kappa shape index (κ1) is 18.7. The Morgan fingerprint density at radius 3 is 2.11 bits per heavy atom. The third kappa shape index (κ3) is 3.95. The van der Waals surface area contributed by atoms with E-state index in [1.165, 1.54) is 29.2 Å². The smallest absolute Gasteiger partial charge is 0.131 e. The Morgan fingerprint density at radius 2 is 1.36 bits per heavy atom. The molecule has 0 bridgehead atoms. The first-order valence-electron chi connectivity index (χ1n) is 9.72. The zero-order valence-corrected chi connectivity index (χ0v) is 16.6. The van der Waals surface area contributed by atoms with Crippen LogP contribution in [0.2, 0.25) is 5.02 Å². The molecule has 4 rings (SSSR count). The Balaban J connectivity index is 1.65. The van der Waals surface area contributed by atoms with Gasteiger partial charge in [0.2, 0.25) is 0 Å². The Morgan fingerprint density at radius 1 is 0.714 bits per heavy atom. The Kier molecular flexibility index (Phi) is 5.45. The molecule has 0 saturated carbocycles. The van der Waals surface area contributed by atoms with Gasteiger partial charge in [0.1, 0.15) is 5.82 Å². The number of aryl methyl sites for hydroxylation is 1. The van der Waals surface area contributed by atoms with E-state index < -0.39 is 0 Å². The van der Waals surface area contributed by atoms with Crippen molar-refractivity contribution in [3.05, 3.63) is 95.3 Å². The maximum atomic E-state index is 14.8. The van der Waals surface area contributed by atoms with Crippen molar-refractivity contribution in [3.63, 3.8) is 0 Å². The second-order valence-electron chi connectivity index (χ2n) is 7.20. The summed E-state index contributed by atoms with van der Waals surface area (Å²) in [7, 11) is 0. The molecule has 0 saturated heterocycles. The van der Waals surface area contributed by atoms with Crippen LogP contribution in [0.15, 0.2) is 78.9 Å². The van der Waals surface area contributed by atoms with E-state index in [9.17, 15) is 4.39 Å². The number of fused-ring (bicyclic) bond motifs is 1. The van der Waals surface area contributed by atoms with E-state index in [4.69, 9.17) is 11.6 Å². The molecule has 4 aromatic rings. The molecule has 0 amide bonds. The molecule has 0 aliphatic rings. The van der Waals surface area contributed by atoms with Gasteiger partial charge in [-0.05, 0) is 70.1 Å². The lowest BCUT2D eigenvalue weighted by molar-refractivity contribution is 0.632. The molecule has 0 aliphatic heterocycles. The molecule has 28 heavy (non-hydrogen) atoms. The molecule has 0 nitrogen and oxygen atoms in total. The van der Waals surface area contributed by atoms with Crippen LogP contribution in [-0.4, -0.2) is 0 Å². The fourth-order valence-electron chi connectivity index (χ4n) is 3.57. The van der Waals surface area contributed by atoms with Gasteiger partial charge < -0.3 is 0 Å². The summed E-state index contributed by atoms with van der Waals surface area (Å²) in [4.78, 5) is 0. The van der Waals surface area contributed by atoms with Crippen LogP contribution in [0.5, 0.6) is 0 Å². The van der Waals surface area contributed by atoms with Gasteiger partial charge in [0, 0.05) is 10.6 Å². The van der Waals surface area contributed by atoms with Crippen LogP contribution < -0.4 is 0 Å². The van der Waals surface area contributed by atoms with Crippen LogP contribution in [0.1, 0.15) is 25.3 Å². The van der Waals surface area contributed by atoms with Crippen molar-refractivity contribution in [2.45, 2.75) is 26.2 Å². The summed E-state index contributed by atoms with van der Waals surface area (Å²) in [5.41, 5.74) is 4.69. The van der Waals surface area contributed by atoms with Crippen molar-refractivity contribution in [1.29, 1.82) is 0 Å². The lowest BCUT2D eigenvalue weighted by Crippen LogP contribution is -1.88. The molecule has 0 N–H and O–H groups in total. The van der Waals surface area contributed by atoms with E-state index in [0.29, 0.717) is 10.6 Å². The maximum absolute atomic E-state index is 14.8. The molecule has 0 unspecified atom stereocenters. The summed E-state index contributed by atoms with van der Waals surface area (Å²) in [6, 6.07) is 25.6. The highest BCUT2D eigenvalue weighted by Gasteiger charge is 2.08. The zero-order valence-electron chi connectivity index (χ0n) is 15.9. The normalized spacial score (nSPS) is 11.1. The molecule has 0 fully saturated rings. The number of unbranched alkanes of at least 4 members (excludes halogenated alkanes) is 1. The minimum Gasteiger partial charge on any atom is -0.206 e. The topological polar surface area (TPSA) is 0 Å². The molecule has 140 valence electrons. The SMILES string of the molecule is CCCCc1ccc2cc(-c3ccc(-c4ccc(Cl)cc4)c(F)c3)ccc2c1. The largest absolute Gasteiger partial charge is 0.206 e. The van der Waals surface area contributed by atoms with E-state index in [-0.39, 0.29) is 5.82 Å². The zero-order chi connectivity index (χ0) is 19.5. The average molecular weight is 389 g/mol. The highest BCUT2D eigenvalue weighted by Crippen LogP contribution is 2.30. The molecular weight excluding hydrogens is 367 g/mol. The fraction of sp³-hybridized carbons (Fsp3) is 0.154. The van der Waals surface area contributed by atoms with Crippen LogP contribution in [0, 0.1) is 5.82 Å². The van der Waals surface area contributed by atoms with Crippen LogP contribution in [0.4, 0.5) is 4.39 Å². The number of hydrogen-bond acceptors (Lipinski definition) is 0. The van der Waals surface area contributed by atoms with Gasteiger partial charge >= 0.3 is 0 Å². The molecule has 0 aliphatic carbocycles. The third-order valence-corrected chi connectivity index (χ3v) is 5.43. The first-order chi connectivity index (χ1) is 13.6. The van der Waals surface area contributed by atoms with Crippen molar-refractivity contribution in [2.75, 3.05) is 0 Å². The predicted molar refractivity (Wildman–Crippen MR) is 118 cm³/mol. The summed E-state index contributed by atoms with van der Waals surface area (Å²) < 4.78 is 14.8. The Bertz CT molecular complexity index is 1110. The monoisotopic (exact) mass is 388 g/mol. The first-order valence-corrected chi connectivity index (χ1v) is 10.1. The number of hydrogen-bond donors (Lipinski definition) is 0. The summed E-state index contributed by atoms with van der Waals surface area (Å²) in [5.74, 6) is -0.227. The van der Waals surface area contributed by atoms with Crippen LogP contribution in [0.25, 0.3) is 33.0 Å². The van der Waals surface area contributed by atoms with Gasteiger partial charge in [0.25, 0.3) is 0 Å². The molecule has 0 aromatic heterocycles. The lowest BCUT2D eigenvalue weighted by atomic mass is 9.96. The fourth-order valence-corrected chi connectivity index (χ4v) is 3.70. The molecule has 0 heterocycles. The van der Waals surface area contributed by atoms with Gasteiger partial charge in [-0.2, -0.15) is 0 Å². The lowest BCUT2D eigenvalue weighted by Gasteiger charge is -2.09. The molecule has 0 spiro atoms. The molecule has 0 radical (unpaired) electrons. The van der Waals surface area contributed by atoms with E-state index in [1.54, 1.807) is 18.2 Å². The van der Waals surface area contributed by atoms with E-state index in [0.717, 1.165) is 23.1 Å². The van der Waals surface area contributed by atoms with Gasteiger partial charge in [-0.15, -0.1) is 0 Å². The van der Waals surface area contributed by atoms with E-state index >= 15 is 0 Å². The quantitative estimate of drug-likeness (QED) is 0.322. The molecule has 0 atom stereocenters. The van der Waals surface area contributed by atoms with Crippen LogP contribution >= 0.6 is 11.6 Å². The standard InChI is InChI=1S/C26H22ClF/c1-2-3-4-18-5-6-21-16-22(8-7-20(21)15-18)23-11-14-25(26(28)17-23)19-9-12-24(27)13-10-19/h5-17H,2-4H2,1H3. The predicted octanol–water partition coefficient (Wildman–Crippen LogP) is 8.31. The summed E-state index contributed by atoms with van der Waals surface area (Å²) in [6.45, 7) is 2.21. The van der Waals surface area contributed by atoms with E-state index in [2.05, 4.69) is 43.3 Å². The van der Waals surface area contributed by atoms with Gasteiger partial charge in [0.15, 0.2) is 0 Å². The van der Waals surface area contributed by atoms with Crippen LogP contribution in [0.3, 0.4) is 0 Å². The molecule has 2 heteroatoms. The van der Waals surface area contributed by atoms with Gasteiger partial charge in [-0.3, -0.25) is 0 Å². The number of halogens is 2. The molecule has 4 aromatic carbocycles. The second-order valence-corrected chi connectivity index (χ2v) is 7.64. The summed E-state index contributed by atoms with van der Waals surface area (Å²) in [6.07, 6.45) is 3.53. The van der Waals surface area contributed by atoms with Crippen molar-refractivity contribution < 1.29 is 4.39 Å². The Hall–Kier alpha value is -2.64. The minimum atomic E-state index is -0.227. The number of benzene rings is 4. The van der Waals surface area contributed by atoms with Crippen molar-refractivity contribution in [1.82, 2.24) is 0 Å². The highest BCUT2D eigenvalue weighted by atomic mass is 35.5. The maximum Gasteiger partial charge on any atom is 0.131 e. The summed E-state index contributed by atoms with van der Waals surface area (Å²) >= 11 is 5.93. The van der Waals surface area contributed by atoms with Gasteiger partial charge in [0.05, 0.1) is 0 Å². The molecular formula is C26H22ClF. The van der Waals surface area contributed by atoms with Crippen LogP contribution in [-0.2, 0) is 6.42 Å². The van der Waals surface area contributed by atoms with Crippen molar-refractivity contribution in [3.8, 4) is 22.3 Å². The number of rotatable bonds is 5. The summed E-state index contributed by atoms with van der Waals surface area (Å²) in [5, 5.41) is 3.06. The van der Waals surface area contributed by atoms with E-state index in [1.807, 2.05) is 24.3 Å². The third-order valence-electron chi connectivity index (χ3n) is 5.18. The Labute approximate surface area is 170 Å². The minimum absolute atomic E-state index is 0.227. The van der Waals surface area contributed by atoms with Crippen molar-refractivity contribution in [2.24, 2.45) is 0 Å². The van der Waals surface area contributed by atoms with Gasteiger partial charge in [-0.25, -0.2) is 4.39 Å². The highest BCUT2D eigenvalue weighted by molar-refractivity contribution is 6.30. The van der Waals surface area contributed by atoms with Gasteiger partial charge in [-0.1, -0.05) is 79.5 Å². The average Bonchev–Trinajstić information content (AvgIpc) is 2.72. The van der Waals surface area contributed by atoms with Crippen molar-refractivity contribution >= 4 is 22.4 Å². The second kappa shape index (κ2) is 8.16.